The van der Waals surface area contributed by atoms with Crippen LogP contribution in [-0.4, -0.2) is 28.9 Å². The van der Waals surface area contributed by atoms with Crippen LogP contribution in [0.5, 0.6) is 0 Å². The Hall–Kier alpha value is -1.59. The van der Waals surface area contributed by atoms with E-state index in [1.807, 2.05) is 0 Å². The minimum atomic E-state index is -1.02. The standard InChI is InChI=1S/C16H23ClN2O3/c17-10-4-2-1-3-5-15(20)19-13-8-6-12(7-9-13)11-14(18)16(21)22/h6-9,14H,1-5,10-11,18H2,(H,19,20)(H,21,22)/t14-/m0/s1. The normalized spacial score (nSPS) is 11.9. The zero-order valence-corrected chi connectivity index (χ0v) is 13.3. The van der Waals surface area contributed by atoms with Gasteiger partial charge in [-0.3, -0.25) is 9.59 Å². The number of aliphatic carboxylic acids is 1. The third kappa shape index (κ3) is 7.43. The molecule has 0 bridgehead atoms. The lowest BCUT2D eigenvalue weighted by molar-refractivity contribution is -0.138. The molecule has 0 fully saturated rings. The number of nitrogens with two attached hydrogens (primary N) is 1. The quantitative estimate of drug-likeness (QED) is 0.455. The van der Waals surface area contributed by atoms with E-state index in [1.165, 1.54) is 0 Å². The molecule has 1 aromatic rings. The van der Waals surface area contributed by atoms with Gasteiger partial charge in [0.05, 0.1) is 0 Å². The van der Waals surface area contributed by atoms with Crippen molar-refractivity contribution in [3.8, 4) is 0 Å². The van der Waals surface area contributed by atoms with E-state index in [-0.39, 0.29) is 12.3 Å². The maximum absolute atomic E-state index is 11.8. The fraction of sp³-hybridized carbons (Fsp3) is 0.500. The molecule has 0 spiro atoms. The molecule has 0 unspecified atom stereocenters. The lowest BCUT2D eigenvalue weighted by atomic mass is 10.1. The Kier molecular flexibility index (Phi) is 8.55. The van der Waals surface area contributed by atoms with Gasteiger partial charge in [-0.2, -0.15) is 0 Å². The van der Waals surface area contributed by atoms with Gasteiger partial charge in [0.25, 0.3) is 0 Å². The molecule has 1 atom stereocenters. The van der Waals surface area contributed by atoms with Gasteiger partial charge in [-0.15, -0.1) is 11.6 Å². The van der Waals surface area contributed by atoms with Crippen LogP contribution in [0, 0.1) is 0 Å². The summed E-state index contributed by atoms with van der Waals surface area (Å²) < 4.78 is 0. The first-order valence-corrected chi connectivity index (χ1v) is 7.99. The van der Waals surface area contributed by atoms with Crippen molar-refractivity contribution in [3.05, 3.63) is 29.8 Å². The predicted molar refractivity (Wildman–Crippen MR) is 88.2 cm³/mol. The van der Waals surface area contributed by atoms with Crippen LogP contribution in [0.15, 0.2) is 24.3 Å². The number of hydrogen-bond acceptors (Lipinski definition) is 3. The number of unbranched alkanes of at least 4 members (excludes halogenated alkanes) is 3. The summed E-state index contributed by atoms with van der Waals surface area (Å²) in [5.74, 6) is -0.364. The molecule has 0 aliphatic carbocycles. The van der Waals surface area contributed by atoms with Gasteiger partial charge in [0.1, 0.15) is 6.04 Å². The number of carbonyl (C=O) groups is 2. The van der Waals surface area contributed by atoms with Crippen molar-refractivity contribution < 1.29 is 14.7 Å². The lowest BCUT2D eigenvalue weighted by Gasteiger charge is -2.08. The monoisotopic (exact) mass is 326 g/mol. The zero-order valence-electron chi connectivity index (χ0n) is 12.6. The molecule has 0 radical (unpaired) electrons. The molecule has 1 amide bonds. The van der Waals surface area contributed by atoms with Crippen LogP contribution in [-0.2, 0) is 16.0 Å². The number of hydrogen-bond donors (Lipinski definition) is 3. The molecule has 1 rings (SSSR count). The van der Waals surface area contributed by atoms with Crippen LogP contribution < -0.4 is 11.1 Å². The number of carbonyl (C=O) groups excluding carboxylic acids is 1. The summed E-state index contributed by atoms with van der Waals surface area (Å²) in [6.45, 7) is 0. The summed E-state index contributed by atoms with van der Waals surface area (Å²) in [5.41, 5.74) is 7.01. The van der Waals surface area contributed by atoms with Crippen molar-refractivity contribution in [2.45, 2.75) is 44.6 Å². The highest BCUT2D eigenvalue weighted by Gasteiger charge is 2.11. The number of alkyl halides is 1. The molecular weight excluding hydrogens is 304 g/mol. The minimum Gasteiger partial charge on any atom is -0.480 e. The van der Waals surface area contributed by atoms with Crippen molar-refractivity contribution in [1.29, 1.82) is 0 Å². The summed E-state index contributed by atoms with van der Waals surface area (Å²) in [7, 11) is 0. The summed E-state index contributed by atoms with van der Waals surface area (Å²) in [5, 5.41) is 11.6. The Labute approximate surface area is 135 Å². The second-order valence-electron chi connectivity index (χ2n) is 5.25. The average molecular weight is 327 g/mol. The number of rotatable bonds is 10. The van der Waals surface area contributed by atoms with Crippen molar-refractivity contribution in [2.24, 2.45) is 5.73 Å². The first-order valence-electron chi connectivity index (χ1n) is 7.46. The summed E-state index contributed by atoms with van der Waals surface area (Å²) in [6.07, 6.45) is 4.66. The van der Waals surface area contributed by atoms with E-state index in [9.17, 15) is 9.59 Å². The van der Waals surface area contributed by atoms with Gasteiger partial charge in [0.2, 0.25) is 5.91 Å². The Bertz CT molecular complexity index is 477. The van der Waals surface area contributed by atoms with Crippen LogP contribution in [0.2, 0.25) is 0 Å². The summed E-state index contributed by atoms with van der Waals surface area (Å²) >= 11 is 5.59. The maximum Gasteiger partial charge on any atom is 0.320 e. The second kappa shape index (κ2) is 10.2. The minimum absolute atomic E-state index is 0.0131. The van der Waals surface area contributed by atoms with Gasteiger partial charge in [0.15, 0.2) is 0 Å². The average Bonchev–Trinajstić information content (AvgIpc) is 2.49. The van der Waals surface area contributed by atoms with Crippen molar-refractivity contribution in [2.75, 3.05) is 11.2 Å². The molecule has 5 nitrogen and oxygen atoms in total. The van der Waals surface area contributed by atoms with Gasteiger partial charge in [-0.05, 0) is 37.0 Å². The largest absolute Gasteiger partial charge is 0.480 e. The number of carboxylic acid groups (broad SMARTS) is 1. The highest BCUT2D eigenvalue weighted by molar-refractivity contribution is 6.17. The van der Waals surface area contributed by atoms with Gasteiger partial charge in [0, 0.05) is 18.0 Å². The van der Waals surface area contributed by atoms with E-state index in [1.54, 1.807) is 24.3 Å². The number of benzene rings is 1. The predicted octanol–water partition coefficient (Wildman–Crippen LogP) is 2.77. The molecule has 4 N–H and O–H groups in total. The van der Waals surface area contributed by atoms with Crippen molar-refractivity contribution >= 4 is 29.2 Å². The summed E-state index contributed by atoms with van der Waals surface area (Å²) in [6, 6.07) is 6.16. The van der Waals surface area contributed by atoms with Crippen LogP contribution in [0.4, 0.5) is 5.69 Å². The van der Waals surface area contributed by atoms with E-state index in [0.29, 0.717) is 18.0 Å². The third-order valence-corrected chi connectivity index (χ3v) is 3.57. The number of anilines is 1. The fourth-order valence-corrected chi connectivity index (χ4v) is 2.21. The van der Waals surface area contributed by atoms with E-state index in [4.69, 9.17) is 22.4 Å². The smallest absolute Gasteiger partial charge is 0.320 e. The van der Waals surface area contributed by atoms with E-state index < -0.39 is 12.0 Å². The number of carboxylic acids is 1. The van der Waals surface area contributed by atoms with Gasteiger partial charge < -0.3 is 16.2 Å². The SMILES string of the molecule is N[C@@H](Cc1ccc(NC(=O)CCCCCCCl)cc1)C(=O)O. The van der Waals surface area contributed by atoms with Crippen molar-refractivity contribution in [1.82, 2.24) is 0 Å². The number of nitrogens with one attached hydrogen (secondary N) is 1. The molecule has 0 saturated carbocycles. The number of halogens is 1. The molecule has 1 aromatic carbocycles. The zero-order chi connectivity index (χ0) is 16.4. The van der Waals surface area contributed by atoms with Crippen LogP contribution in [0.3, 0.4) is 0 Å². The van der Waals surface area contributed by atoms with E-state index in [0.717, 1.165) is 31.2 Å². The van der Waals surface area contributed by atoms with Gasteiger partial charge in [-0.25, -0.2) is 0 Å². The van der Waals surface area contributed by atoms with E-state index in [2.05, 4.69) is 5.32 Å². The van der Waals surface area contributed by atoms with Gasteiger partial charge in [-0.1, -0.05) is 25.0 Å². The van der Waals surface area contributed by atoms with E-state index >= 15 is 0 Å². The molecule has 22 heavy (non-hydrogen) atoms. The van der Waals surface area contributed by atoms with Crippen molar-refractivity contribution in [3.63, 3.8) is 0 Å². The first-order chi connectivity index (χ1) is 10.5. The lowest BCUT2D eigenvalue weighted by Crippen LogP contribution is -2.32. The van der Waals surface area contributed by atoms with Crippen LogP contribution in [0.1, 0.15) is 37.7 Å². The number of amides is 1. The molecule has 0 saturated heterocycles. The van der Waals surface area contributed by atoms with Gasteiger partial charge >= 0.3 is 5.97 Å². The molecule has 122 valence electrons. The molecule has 0 aliphatic rings. The molecule has 0 heterocycles. The molecule has 6 heteroatoms. The third-order valence-electron chi connectivity index (χ3n) is 3.30. The Morgan fingerprint density at radius 1 is 1.14 bits per heavy atom. The summed E-state index contributed by atoms with van der Waals surface area (Å²) in [4.78, 5) is 22.5. The van der Waals surface area contributed by atoms with Crippen LogP contribution in [0.25, 0.3) is 0 Å². The molecule has 0 aromatic heterocycles. The maximum atomic E-state index is 11.8. The Balaban J connectivity index is 2.34. The Morgan fingerprint density at radius 3 is 2.36 bits per heavy atom. The highest BCUT2D eigenvalue weighted by Crippen LogP contribution is 2.12. The molecular formula is C16H23ClN2O3. The highest BCUT2D eigenvalue weighted by atomic mass is 35.5. The molecule has 0 aliphatic heterocycles. The Morgan fingerprint density at radius 2 is 1.77 bits per heavy atom. The van der Waals surface area contributed by atoms with Crippen LogP contribution >= 0.6 is 11.6 Å². The first kappa shape index (κ1) is 18.5. The topological polar surface area (TPSA) is 92.4 Å². The second-order valence-corrected chi connectivity index (χ2v) is 5.63. The fourth-order valence-electron chi connectivity index (χ4n) is 2.02.